The van der Waals surface area contributed by atoms with Crippen molar-refractivity contribution >= 4 is 0 Å². The van der Waals surface area contributed by atoms with E-state index in [1.54, 1.807) is 0 Å². The molecule has 4 bridgehead atoms. The van der Waals surface area contributed by atoms with Crippen LogP contribution in [0.15, 0.2) is 0 Å². The maximum atomic E-state index is 6.78. The monoisotopic (exact) mass is 364 g/mol. The summed E-state index contributed by atoms with van der Waals surface area (Å²) in [6.07, 6.45) is 9.89. The van der Waals surface area contributed by atoms with Crippen LogP contribution in [-0.4, -0.2) is 50.8 Å². The highest BCUT2D eigenvalue weighted by Crippen LogP contribution is 2.61. The summed E-state index contributed by atoms with van der Waals surface area (Å²) in [5.41, 5.74) is 0.731. The lowest BCUT2D eigenvalue weighted by Gasteiger charge is -2.62. The molecule has 0 aromatic carbocycles. The molecule has 2 saturated heterocycles. The molecule has 4 heteroatoms. The third-order valence-electron chi connectivity index (χ3n) is 8.46. The van der Waals surface area contributed by atoms with Crippen molar-refractivity contribution in [1.82, 2.24) is 0 Å². The van der Waals surface area contributed by atoms with Gasteiger partial charge in [-0.2, -0.15) is 0 Å². The van der Waals surface area contributed by atoms with E-state index in [2.05, 4.69) is 13.8 Å². The van der Waals surface area contributed by atoms with Crippen LogP contribution in [0.25, 0.3) is 0 Å². The highest BCUT2D eigenvalue weighted by atomic mass is 16.5. The van der Waals surface area contributed by atoms with Crippen LogP contribution in [0.5, 0.6) is 0 Å². The second kappa shape index (κ2) is 6.17. The molecule has 26 heavy (non-hydrogen) atoms. The van der Waals surface area contributed by atoms with Crippen molar-refractivity contribution in [2.75, 3.05) is 39.6 Å². The maximum Gasteiger partial charge on any atom is 0.0715 e. The summed E-state index contributed by atoms with van der Waals surface area (Å²) >= 11 is 0. The van der Waals surface area contributed by atoms with Gasteiger partial charge in [-0.05, 0) is 56.8 Å². The minimum atomic E-state index is 0.0807. The lowest BCUT2D eigenvalue weighted by Crippen LogP contribution is -2.63. The van der Waals surface area contributed by atoms with Crippen molar-refractivity contribution < 1.29 is 18.9 Å². The highest BCUT2D eigenvalue weighted by molar-refractivity contribution is 5.11. The lowest BCUT2D eigenvalue weighted by molar-refractivity contribution is -0.272. The quantitative estimate of drug-likeness (QED) is 0.653. The fourth-order valence-corrected chi connectivity index (χ4v) is 6.61. The lowest BCUT2D eigenvalue weighted by atomic mass is 9.52. The van der Waals surface area contributed by atoms with Gasteiger partial charge in [0, 0.05) is 17.3 Å². The van der Waals surface area contributed by atoms with Gasteiger partial charge in [0.05, 0.1) is 50.8 Å². The zero-order valence-corrected chi connectivity index (χ0v) is 16.7. The first-order valence-corrected chi connectivity index (χ1v) is 11.0. The third kappa shape index (κ3) is 2.87. The zero-order chi connectivity index (χ0) is 17.9. The van der Waals surface area contributed by atoms with Gasteiger partial charge in [0.2, 0.25) is 0 Å². The predicted molar refractivity (Wildman–Crippen MR) is 99.1 cm³/mol. The normalized spacial score (nSPS) is 44.5. The van der Waals surface area contributed by atoms with Gasteiger partial charge in [-0.25, -0.2) is 0 Å². The smallest absolute Gasteiger partial charge is 0.0715 e. The average Bonchev–Trinajstić information content (AvgIpc) is 2.52. The number of ether oxygens (including phenoxy) is 4. The zero-order valence-electron chi connectivity index (χ0n) is 16.7. The van der Waals surface area contributed by atoms with Crippen LogP contribution in [0.3, 0.4) is 0 Å². The van der Waals surface area contributed by atoms with Crippen molar-refractivity contribution in [3.05, 3.63) is 0 Å². The minimum Gasteiger partial charge on any atom is -0.380 e. The van der Waals surface area contributed by atoms with Gasteiger partial charge in [-0.15, -0.1) is 0 Å². The molecule has 0 radical (unpaired) electrons. The molecule has 0 N–H and O–H groups in total. The molecule has 0 spiro atoms. The van der Waals surface area contributed by atoms with Crippen LogP contribution in [-0.2, 0) is 18.9 Å². The number of rotatable bonds is 8. The van der Waals surface area contributed by atoms with E-state index in [0.29, 0.717) is 0 Å². The molecule has 0 atom stereocenters. The summed E-state index contributed by atoms with van der Waals surface area (Å²) in [5, 5.41) is 0. The van der Waals surface area contributed by atoms with Crippen LogP contribution in [0.4, 0.5) is 0 Å². The molecular weight excluding hydrogens is 328 g/mol. The summed E-state index contributed by atoms with van der Waals surface area (Å²) < 4.78 is 24.6. The van der Waals surface area contributed by atoms with E-state index >= 15 is 0 Å². The second-order valence-corrected chi connectivity index (χ2v) is 10.6. The van der Waals surface area contributed by atoms with Gasteiger partial charge in [0.1, 0.15) is 0 Å². The Morgan fingerprint density at radius 2 is 1.15 bits per heavy atom. The summed E-state index contributed by atoms with van der Waals surface area (Å²) in [6.45, 7) is 9.85. The Bertz CT molecular complexity index is 467. The van der Waals surface area contributed by atoms with Gasteiger partial charge < -0.3 is 18.9 Å². The number of hydrogen-bond donors (Lipinski definition) is 0. The Morgan fingerprint density at radius 1 is 0.731 bits per heavy atom. The molecule has 6 fully saturated rings. The molecule has 6 aliphatic rings. The van der Waals surface area contributed by atoms with Crippen LogP contribution < -0.4 is 0 Å². The van der Waals surface area contributed by atoms with Gasteiger partial charge in [0.15, 0.2) is 0 Å². The highest BCUT2D eigenvalue weighted by Gasteiger charge is 2.60. The van der Waals surface area contributed by atoms with Crippen molar-refractivity contribution in [3.63, 3.8) is 0 Å². The molecule has 2 aliphatic heterocycles. The van der Waals surface area contributed by atoms with Crippen LogP contribution >= 0.6 is 0 Å². The first kappa shape index (κ1) is 17.9. The van der Waals surface area contributed by atoms with E-state index in [1.807, 2.05) is 0 Å². The summed E-state index contributed by atoms with van der Waals surface area (Å²) in [6, 6.07) is 0. The van der Waals surface area contributed by atoms with Gasteiger partial charge in [-0.1, -0.05) is 13.8 Å². The molecule has 0 aromatic rings. The molecule has 4 nitrogen and oxygen atoms in total. The van der Waals surface area contributed by atoms with Gasteiger partial charge in [-0.3, -0.25) is 0 Å². The first-order valence-electron chi connectivity index (χ1n) is 11.0. The Kier molecular flexibility index (Phi) is 4.25. The van der Waals surface area contributed by atoms with Gasteiger partial charge >= 0.3 is 0 Å². The molecule has 0 unspecified atom stereocenters. The third-order valence-corrected chi connectivity index (χ3v) is 8.46. The molecule has 0 aromatic heterocycles. The van der Waals surface area contributed by atoms with Crippen molar-refractivity contribution in [2.45, 2.75) is 76.4 Å². The molecule has 148 valence electrons. The molecule has 2 heterocycles. The van der Waals surface area contributed by atoms with Crippen molar-refractivity contribution in [3.8, 4) is 0 Å². The second-order valence-electron chi connectivity index (χ2n) is 10.6. The molecular formula is C22H36O4. The first-order chi connectivity index (χ1) is 12.5. The summed E-state index contributed by atoms with van der Waals surface area (Å²) in [4.78, 5) is 0. The fraction of sp³-hybridized carbons (Fsp3) is 1.00. The van der Waals surface area contributed by atoms with E-state index < -0.39 is 0 Å². The molecule has 4 aliphatic carbocycles. The summed E-state index contributed by atoms with van der Waals surface area (Å²) in [5.74, 6) is 1.61. The Balaban J connectivity index is 1.28. The van der Waals surface area contributed by atoms with Gasteiger partial charge in [0.25, 0.3) is 0 Å². The van der Waals surface area contributed by atoms with E-state index in [0.717, 1.165) is 70.7 Å². The minimum absolute atomic E-state index is 0.0807. The van der Waals surface area contributed by atoms with E-state index in [9.17, 15) is 0 Å². The molecule has 4 saturated carbocycles. The largest absolute Gasteiger partial charge is 0.380 e. The fourth-order valence-electron chi connectivity index (χ4n) is 6.61. The van der Waals surface area contributed by atoms with E-state index in [-0.39, 0.29) is 22.0 Å². The standard InChI is InChI=1S/C22H36O4/c1-3-19(11-23-12-19)15-25-21-6-17-5-18(7-21)9-22(8-17,10-21)26-16-20(4-2)13-24-14-20/h17-18H,3-16H2,1-2H3. The molecule has 6 rings (SSSR count). The van der Waals surface area contributed by atoms with Crippen LogP contribution in [0, 0.1) is 22.7 Å². The van der Waals surface area contributed by atoms with E-state index in [4.69, 9.17) is 18.9 Å². The van der Waals surface area contributed by atoms with Crippen LogP contribution in [0.1, 0.15) is 65.2 Å². The summed E-state index contributed by atoms with van der Waals surface area (Å²) in [7, 11) is 0. The Hall–Kier alpha value is -0.160. The predicted octanol–water partition coefficient (Wildman–Crippen LogP) is 3.96. The van der Waals surface area contributed by atoms with E-state index in [1.165, 1.54) is 32.1 Å². The Morgan fingerprint density at radius 3 is 1.46 bits per heavy atom. The average molecular weight is 365 g/mol. The van der Waals surface area contributed by atoms with Crippen LogP contribution in [0.2, 0.25) is 0 Å². The number of hydrogen-bond acceptors (Lipinski definition) is 4. The van der Waals surface area contributed by atoms with Crippen molar-refractivity contribution in [2.24, 2.45) is 22.7 Å². The Labute approximate surface area is 158 Å². The maximum absolute atomic E-state index is 6.78. The molecule has 0 amide bonds. The SMILES string of the molecule is CCC1(COC23CC4CC(C2)CC(OCC2(CC)COC2)(C4)C3)COC1. The topological polar surface area (TPSA) is 36.9 Å². The van der Waals surface area contributed by atoms with Crippen molar-refractivity contribution in [1.29, 1.82) is 0 Å².